The predicted octanol–water partition coefficient (Wildman–Crippen LogP) is 5.04. The van der Waals surface area contributed by atoms with Gasteiger partial charge >= 0.3 is 0 Å². The molecule has 1 aliphatic carbocycles. The molecule has 0 nitrogen and oxygen atoms in total. The minimum Gasteiger partial charge on any atom is -0.0807 e. The molecule has 0 radical (unpaired) electrons. The van der Waals surface area contributed by atoms with Gasteiger partial charge in [-0.2, -0.15) is 0 Å². The van der Waals surface area contributed by atoms with Crippen molar-refractivity contribution in [3.8, 4) is 0 Å². The topological polar surface area (TPSA) is 0 Å². The third-order valence-electron chi connectivity index (χ3n) is 3.28. The van der Waals surface area contributed by atoms with E-state index in [1.807, 2.05) is 0 Å². The molecular formula is C15H24. The van der Waals surface area contributed by atoms with Gasteiger partial charge in [-0.3, -0.25) is 0 Å². The number of allylic oxidation sites excluding steroid dienone is 6. The van der Waals surface area contributed by atoms with E-state index >= 15 is 0 Å². The second-order valence-corrected chi connectivity index (χ2v) is 4.75. The molecule has 0 aromatic heterocycles. The van der Waals surface area contributed by atoms with Crippen molar-refractivity contribution in [1.29, 1.82) is 0 Å². The van der Waals surface area contributed by atoms with Gasteiger partial charge in [0, 0.05) is 0 Å². The van der Waals surface area contributed by atoms with Crippen LogP contribution in [-0.2, 0) is 0 Å². The molecule has 0 heteroatoms. The first-order valence-electron chi connectivity index (χ1n) is 6.27. The van der Waals surface area contributed by atoms with Crippen LogP contribution in [0.3, 0.4) is 0 Å². The fourth-order valence-electron chi connectivity index (χ4n) is 2.50. The summed E-state index contributed by atoms with van der Waals surface area (Å²) < 4.78 is 0. The van der Waals surface area contributed by atoms with Gasteiger partial charge in [0.05, 0.1) is 0 Å². The van der Waals surface area contributed by atoms with Crippen LogP contribution in [0.25, 0.3) is 0 Å². The zero-order chi connectivity index (χ0) is 11.1. The zero-order valence-corrected chi connectivity index (χ0v) is 10.4. The maximum Gasteiger partial charge on any atom is -0.00756 e. The van der Waals surface area contributed by atoms with E-state index in [-0.39, 0.29) is 0 Å². The summed E-state index contributed by atoms with van der Waals surface area (Å²) in [7, 11) is 0. The summed E-state index contributed by atoms with van der Waals surface area (Å²) in [5.41, 5.74) is 1.90. The van der Waals surface area contributed by atoms with Crippen LogP contribution in [0.2, 0.25) is 0 Å². The van der Waals surface area contributed by atoms with Gasteiger partial charge in [0.1, 0.15) is 0 Å². The van der Waals surface area contributed by atoms with Crippen molar-refractivity contribution in [2.75, 3.05) is 0 Å². The van der Waals surface area contributed by atoms with E-state index in [1.165, 1.54) is 31.3 Å². The highest BCUT2D eigenvalue weighted by atomic mass is 14.3. The molecule has 15 heavy (non-hydrogen) atoms. The molecule has 0 saturated heterocycles. The van der Waals surface area contributed by atoms with Gasteiger partial charge in [-0.15, -0.1) is 0 Å². The highest BCUT2D eigenvalue weighted by molar-refractivity contribution is 5.32. The Kier molecular flexibility index (Phi) is 4.87. The minimum atomic E-state index is 0.384. The van der Waals surface area contributed by atoms with Crippen LogP contribution in [0.15, 0.2) is 36.0 Å². The van der Waals surface area contributed by atoms with Gasteiger partial charge in [-0.25, -0.2) is 0 Å². The van der Waals surface area contributed by atoms with Crippen LogP contribution in [0.1, 0.15) is 52.9 Å². The summed E-state index contributed by atoms with van der Waals surface area (Å²) in [6.07, 6.45) is 17.5. The van der Waals surface area contributed by atoms with Gasteiger partial charge in [0.25, 0.3) is 0 Å². The normalized spacial score (nSPS) is 16.3. The Morgan fingerprint density at radius 1 is 1.13 bits per heavy atom. The lowest BCUT2D eigenvalue weighted by molar-refractivity contribution is 0.336. The molecule has 0 unspecified atom stereocenters. The Hall–Kier alpha value is -0.780. The van der Waals surface area contributed by atoms with Crippen LogP contribution in [-0.4, -0.2) is 0 Å². The highest BCUT2D eigenvalue weighted by Crippen LogP contribution is 2.38. The quantitative estimate of drug-likeness (QED) is 0.589. The number of hydrogen-bond donors (Lipinski definition) is 0. The summed E-state index contributed by atoms with van der Waals surface area (Å²) in [5.74, 6) is 0. The molecule has 0 bridgehead atoms. The largest absolute Gasteiger partial charge is 0.0807 e. The van der Waals surface area contributed by atoms with Gasteiger partial charge in [0.2, 0.25) is 0 Å². The lowest BCUT2D eigenvalue weighted by Gasteiger charge is -2.30. The van der Waals surface area contributed by atoms with Gasteiger partial charge in [-0.1, -0.05) is 64.0 Å². The average Bonchev–Trinajstić information content (AvgIpc) is 2.46. The first-order valence-corrected chi connectivity index (χ1v) is 6.27. The van der Waals surface area contributed by atoms with Gasteiger partial charge in [-0.05, 0) is 30.3 Å². The molecule has 0 fully saturated rings. The molecular weight excluding hydrogens is 180 g/mol. The molecule has 84 valence electrons. The standard InChI is InChI=1S/C15H24/c1-4-12-15(3,13-5-2)14-10-8-6-7-9-11-14/h6,8-11H,4-5,7,12-13H2,1-3H3. The third kappa shape index (κ3) is 3.37. The fourth-order valence-corrected chi connectivity index (χ4v) is 2.50. The van der Waals surface area contributed by atoms with Crippen LogP contribution in [0.5, 0.6) is 0 Å². The Morgan fingerprint density at radius 2 is 1.80 bits per heavy atom. The molecule has 0 spiro atoms. The van der Waals surface area contributed by atoms with Gasteiger partial charge < -0.3 is 0 Å². The van der Waals surface area contributed by atoms with Crippen molar-refractivity contribution < 1.29 is 0 Å². The Bertz CT molecular complexity index is 260. The van der Waals surface area contributed by atoms with Crippen LogP contribution in [0, 0.1) is 5.41 Å². The first-order chi connectivity index (χ1) is 7.23. The Balaban J connectivity index is 2.86. The lowest BCUT2D eigenvalue weighted by Crippen LogP contribution is -2.18. The first kappa shape index (κ1) is 12.3. The summed E-state index contributed by atoms with van der Waals surface area (Å²) >= 11 is 0. The molecule has 0 aromatic rings. The minimum absolute atomic E-state index is 0.384. The SMILES string of the molecule is CCCC(C)(CCC)C1=CC=CCC=C1. The van der Waals surface area contributed by atoms with E-state index in [0.29, 0.717) is 5.41 Å². The van der Waals surface area contributed by atoms with Crippen LogP contribution < -0.4 is 0 Å². The number of rotatable bonds is 5. The molecule has 0 aromatic carbocycles. The zero-order valence-electron chi connectivity index (χ0n) is 10.4. The van der Waals surface area contributed by atoms with E-state index in [9.17, 15) is 0 Å². The summed E-state index contributed by atoms with van der Waals surface area (Å²) in [5, 5.41) is 0. The van der Waals surface area contributed by atoms with Gasteiger partial charge in [0.15, 0.2) is 0 Å². The van der Waals surface area contributed by atoms with Crippen molar-refractivity contribution in [2.24, 2.45) is 5.41 Å². The fraction of sp³-hybridized carbons (Fsp3) is 0.600. The average molecular weight is 204 g/mol. The molecule has 1 rings (SSSR count). The lowest BCUT2D eigenvalue weighted by atomic mass is 9.74. The second kappa shape index (κ2) is 5.95. The molecule has 0 heterocycles. The van der Waals surface area contributed by atoms with Crippen LogP contribution >= 0.6 is 0 Å². The van der Waals surface area contributed by atoms with E-state index in [2.05, 4.69) is 51.2 Å². The molecule has 1 aliphatic rings. The summed E-state index contributed by atoms with van der Waals surface area (Å²) in [6, 6.07) is 0. The van der Waals surface area contributed by atoms with Crippen molar-refractivity contribution >= 4 is 0 Å². The van der Waals surface area contributed by atoms with Crippen molar-refractivity contribution in [3.63, 3.8) is 0 Å². The molecule has 0 saturated carbocycles. The second-order valence-electron chi connectivity index (χ2n) is 4.75. The molecule has 0 amide bonds. The van der Waals surface area contributed by atoms with Crippen molar-refractivity contribution in [3.05, 3.63) is 36.0 Å². The van der Waals surface area contributed by atoms with Crippen molar-refractivity contribution in [1.82, 2.24) is 0 Å². The monoisotopic (exact) mass is 204 g/mol. The van der Waals surface area contributed by atoms with E-state index in [1.54, 1.807) is 0 Å². The predicted molar refractivity (Wildman–Crippen MR) is 68.9 cm³/mol. The molecule has 0 atom stereocenters. The van der Waals surface area contributed by atoms with E-state index < -0.39 is 0 Å². The maximum atomic E-state index is 2.41. The van der Waals surface area contributed by atoms with E-state index in [0.717, 1.165) is 6.42 Å². The Labute approximate surface area is 94.8 Å². The molecule has 0 N–H and O–H groups in total. The smallest absolute Gasteiger partial charge is 0.00756 e. The molecule has 0 aliphatic heterocycles. The van der Waals surface area contributed by atoms with E-state index in [4.69, 9.17) is 0 Å². The summed E-state index contributed by atoms with van der Waals surface area (Å²) in [6.45, 7) is 6.98. The third-order valence-corrected chi connectivity index (χ3v) is 3.28. The Morgan fingerprint density at radius 3 is 2.40 bits per heavy atom. The van der Waals surface area contributed by atoms with Crippen molar-refractivity contribution in [2.45, 2.75) is 52.9 Å². The number of hydrogen-bond acceptors (Lipinski definition) is 0. The summed E-state index contributed by atoms with van der Waals surface area (Å²) in [4.78, 5) is 0. The maximum absolute atomic E-state index is 2.41. The van der Waals surface area contributed by atoms with Crippen LogP contribution in [0.4, 0.5) is 0 Å². The highest BCUT2D eigenvalue weighted by Gasteiger charge is 2.25.